The highest BCUT2D eigenvalue weighted by Crippen LogP contribution is 2.69. The minimum absolute atomic E-state index is 0.213. The van der Waals surface area contributed by atoms with E-state index in [2.05, 4.69) is 181 Å². The maximum Gasteiger partial charge on any atom is 0.0540 e. The monoisotopic (exact) mass is 681 g/mol. The van der Waals surface area contributed by atoms with Crippen LogP contribution in [0.1, 0.15) is 43.2 Å². The van der Waals surface area contributed by atoms with Gasteiger partial charge in [-0.25, -0.2) is 0 Å². The third-order valence-electron chi connectivity index (χ3n) is 13.5. The Balaban J connectivity index is 1.00. The van der Waals surface area contributed by atoms with E-state index >= 15 is 0 Å². The molecule has 7 aromatic carbocycles. The predicted molar refractivity (Wildman–Crippen MR) is 221 cm³/mol. The summed E-state index contributed by atoms with van der Waals surface area (Å²) in [6.07, 6.45) is 7.16. The zero-order valence-corrected chi connectivity index (χ0v) is 30.0. The van der Waals surface area contributed by atoms with Crippen LogP contribution in [0.15, 0.2) is 176 Å². The third kappa shape index (κ3) is 4.83. The summed E-state index contributed by atoms with van der Waals surface area (Å²) < 4.78 is 0. The average molecular weight is 682 g/mol. The van der Waals surface area contributed by atoms with Crippen LogP contribution in [-0.4, -0.2) is 0 Å². The quantitative estimate of drug-likeness (QED) is 0.169. The van der Waals surface area contributed by atoms with Crippen LogP contribution in [0.25, 0.3) is 44.5 Å². The molecule has 0 atom stereocenters. The van der Waals surface area contributed by atoms with Gasteiger partial charge in [-0.2, -0.15) is 0 Å². The van der Waals surface area contributed by atoms with Crippen molar-refractivity contribution in [3.05, 3.63) is 187 Å². The van der Waals surface area contributed by atoms with Crippen molar-refractivity contribution in [2.24, 2.45) is 23.7 Å². The lowest BCUT2D eigenvalue weighted by Crippen LogP contribution is -2.55. The van der Waals surface area contributed by atoms with E-state index < -0.39 is 0 Å². The van der Waals surface area contributed by atoms with Gasteiger partial charge in [0.2, 0.25) is 0 Å². The van der Waals surface area contributed by atoms with Gasteiger partial charge in [-0.15, -0.1) is 0 Å². The van der Waals surface area contributed by atoms with Crippen molar-refractivity contribution in [3.8, 4) is 44.5 Å². The van der Waals surface area contributed by atoms with Crippen molar-refractivity contribution in [1.29, 1.82) is 0 Å². The Morgan fingerprint density at radius 3 is 1.53 bits per heavy atom. The van der Waals surface area contributed by atoms with Crippen LogP contribution in [0.3, 0.4) is 0 Å². The smallest absolute Gasteiger partial charge is 0.0540 e. The number of benzene rings is 7. The summed E-state index contributed by atoms with van der Waals surface area (Å²) in [5.41, 5.74) is 17.3. The Hall–Kier alpha value is -5.66. The van der Waals surface area contributed by atoms with E-state index in [1.165, 1.54) is 76.6 Å². The summed E-state index contributed by atoms with van der Waals surface area (Å²) in [4.78, 5) is 2.41. The van der Waals surface area contributed by atoms with Gasteiger partial charge in [0, 0.05) is 22.4 Å². The van der Waals surface area contributed by atoms with Crippen molar-refractivity contribution in [2.45, 2.75) is 37.5 Å². The van der Waals surface area contributed by atoms with Crippen LogP contribution in [0.5, 0.6) is 0 Å². The molecule has 0 saturated heterocycles. The van der Waals surface area contributed by atoms with Gasteiger partial charge in [-0.05, 0) is 148 Å². The van der Waals surface area contributed by atoms with Crippen LogP contribution in [0.4, 0.5) is 17.1 Å². The fraction of sp³-hybridized carbons (Fsp3) is 0.192. The fourth-order valence-corrected chi connectivity index (χ4v) is 11.5. The highest BCUT2D eigenvalue weighted by molar-refractivity contribution is 5.91. The van der Waals surface area contributed by atoms with Gasteiger partial charge in [0.05, 0.1) is 5.69 Å². The standard InChI is InChI=1S/C52H43N/c1-4-12-37(13-5-1)41-23-27-51(47(33-41)39-14-6-2-7-15-39)53(44-16-8-3-9-17-44)45-24-20-38(21-25-45)40-22-26-50-48(34-40)46-18-10-11-19-49(46)52(50)42-29-35-28-36(31-42)32-43(52)30-35/h1-27,33-36,42-43H,28-32H2. The average Bonchev–Trinajstić information content (AvgIpc) is 3.51. The highest BCUT2D eigenvalue weighted by Gasteiger charge is 2.61. The fourth-order valence-electron chi connectivity index (χ4n) is 11.5. The van der Waals surface area contributed by atoms with Crippen molar-refractivity contribution in [3.63, 3.8) is 0 Å². The van der Waals surface area contributed by atoms with Crippen molar-refractivity contribution in [2.75, 3.05) is 4.90 Å². The first-order chi connectivity index (χ1) is 26.2. The second-order valence-electron chi connectivity index (χ2n) is 16.2. The van der Waals surface area contributed by atoms with Crippen LogP contribution in [0.2, 0.25) is 0 Å². The van der Waals surface area contributed by atoms with Gasteiger partial charge < -0.3 is 4.90 Å². The Labute approximate surface area is 313 Å². The molecule has 4 fully saturated rings. The molecule has 1 heteroatoms. The van der Waals surface area contributed by atoms with Gasteiger partial charge in [-0.1, -0.05) is 133 Å². The van der Waals surface area contributed by atoms with E-state index in [1.54, 1.807) is 11.1 Å². The molecule has 4 bridgehead atoms. The predicted octanol–water partition coefficient (Wildman–Crippen LogP) is 13.9. The Kier molecular flexibility index (Phi) is 7.12. The Morgan fingerprint density at radius 2 is 0.849 bits per heavy atom. The highest BCUT2D eigenvalue weighted by atomic mass is 15.1. The van der Waals surface area contributed by atoms with E-state index in [1.807, 2.05) is 0 Å². The van der Waals surface area contributed by atoms with Crippen molar-refractivity contribution >= 4 is 17.1 Å². The lowest BCUT2D eigenvalue weighted by atomic mass is 9.43. The molecule has 12 rings (SSSR count). The number of fused-ring (bicyclic) bond motifs is 3. The molecule has 5 aliphatic rings. The van der Waals surface area contributed by atoms with Gasteiger partial charge in [0.15, 0.2) is 0 Å². The van der Waals surface area contributed by atoms with Gasteiger partial charge in [0.1, 0.15) is 0 Å². The molecule has 1 spiro atoms. The number of rotatable bonds is 6. The van der Waals surface area contributed by atoms with E-state index in [0.717, 1.165) is 40.7 Å². The molecule has 0 aromatic heterocycles. The number of nitrogens with zero attached hydrogens (tertiary/aromatic N) is 1. The molecule has 5 aliphatic carbocycles. The van der Waals surface area contributed by atoms with Gasteiger partial charge in [0.25, 0.3) is 0 Å². The van der Waals surface area contributed by atoms with Crippen LogP contribution < -0.4 is 4.90 Å². The van der Waals surface area contributed by atoms with Crippen LogP contribution in [0, 0.1) is 23.7 Å². The maximum atomic E-state index is 2.54. The molecular weight excluding hydrogens is 639 g/mol. The largest absolute Gasteiger partial charge is 0.310 e. The third-order valence-corrected chi connectivity index (χ3v) is 13.5. The second-order valence-corrected chi connectivity index (χ2v) is 16.2. The summed E-state index contributed by atoms with van der Waals surface area (Å²) in [5, 5.41) is 0. The molecule has 0 unspecified atom stereocenters. The second kappa shape index (κ2) is 12.2. The van der Waals surface area contributed by atoms with Crippen LogP contribution >= 0.6 is 0 Å². The normalized spacial score (nSPS) is 23.2. The minimum Gasteiger partial charge on any atom is -0.310 e. The number of hydrogen-bond acceptors (Lipinski definition) is 1. The van der Waals surface area contributed by atoms with Crippen molar-refractivity contribution in [1.82, 2.24) is 0 Å². The number of para-hydroxylation sites is 1. The first kappa shape index (κ1) is 30.9. The molecule has 0 heterocycles. The lowest BCUT2D eigenvalue weighted by Gasteiger charge is -2.61. The Bertz CT molecular complexity index is 2420. The van der Waals surface area contributed by atoms with E-state index in [0.29, 0.717) is 0 Å². The summed E-state index contributed by atoms with van der Waals surface area (Å²) in [6.45, 7) is 0. The molecule has 256 valence electrons. The SMILES string of the molecule is c1ccc(-c2ccc(N(c3ccccc3)c3ccc(-c4ccc5c(c4)-c4ccccc4C54C5CC6CC(C5)CC4C6)cc3)c(-c3ccccc3)c2)cc1. The molecule has 4 saturated carbocycles. The molecule has 7 aromatic rings. The first-order valence-corrected chi connectivity index (χ1v) is 19.7. The molecule has 0 N–H and O–H groups in total. The van der Waals surface area contributed by atoms with Crippen LogP contribution in [-0.2, 0) is 5.41 Å². The molecule has 0 radical (unpaired) electrons. The molecule has 53 heavy (non-hydrogen) atoms. The Morgan fingerprint density at radius 1 is 0.358 bits per heavy atom. The number of hydrogen-bond donors (Lipinski definition) is 0. The van der Waals surface area contributed by atoms with Gasteiger partial charge >= 0.3 is 0 Å². The van der Waals surface area contributed by atoms with Gasteiger partial charge in [-0.3, -0.25) is 0 Å². The summed E-state index contributed by atoms with van der Waals surface area (Å²) >= 11 is 0. The molecular formula is C52H43N. The molecule has 0 amide bonds. The van der Waals surface area contributed by atoms with E-state index in [9.17, 15) is 0 Å². The topological polar surface area (TPSA) is 3.24 Å². The molecule has 0 aliphatic heterocycles. The lowest BCUT2D eigenvalue weighted by molar-refractivity contribution is -0.0399. The zero-order chi connectivity index (χ0) is 34.9. The van der Waals surface area contributed by atoms with E-state index in [-0.39, 0.29) is 5.41 Å². The summed E-state index contributed by atoms with van der Waals surface area (Å²) in [7, 11) is 0. The summed E-state index contributed by atoms with van der Waals surface area (Å²) in [5.74, 6) is 3.49. The molecule has 1 nitrogen and oxygen atoms in total. The zero-order valence-electron chi connectivity index (χ0n) is 30.0. The minimum atomic E-state index is 0.213. The maximum absolute atomic E-state index is 2.54. The first-order valence-electron chi connectivity index (χ1n) is 19.7. The summed E-state index contributed by atoms with van der Waals surface area (Å²) in [6, 6.07) is 65.4. The van der Waals surface area contributed by atoms with Crippen molar-refractivity contribution < 1.29 is 0 Å². The van der Waals surface area contributed by atoms with E-state index in [4.69, 9.17) is 0 Å². The number of anilines is 3.